The van der Waals surface area contributed by atoms with E-state index in [0.29, 0.717) is 11.4 Å². The number of nitrogens with one attached hydrogen (secondary N) is 1. The van der Waals surface area contributed by atoms with Crippen molar-refractivity contribution < 1.29 is 9.53 Å². The Morgan fingerprint density at radius 2 is 1.78 bits per heavy atom. The Kier molecular flexibility index (Phi) is 4.73. The van der Waals surface area contributed by atoms with Gasteiger partial charge in [0.2, 0.25) is 5.91 Å². The van der Waals surface area contributed by atoms with Crippen molar-refractivity contribution in [3.05, 3.63) is 71.5 Å². The molecule has 0 atom stereocenters. The van der Waals surface area contributed by atoms with Crippen LogP contribution in [0.15, 0.2) is 71.5 Å². The highest BCUT2D eigenvalue weighted by molar-refractivity contribution is 9.10. The molecule has 0 spiro atoms. The van der Waals surface area contributed by atoms with Crippen molar-refractivity contribution in [3.63, 3.8) is 0 Å². The number of benzene rings is 2. The first-order valence-corrected chi connectivity index (χ1v) is 7.79. The molecule has 3 rings (SSSR count). The van der Waals surface area contributed by atoms with Gasteiger partial charge < -0.3 is 10.1 Å². The number of rotatable bonds is 5. The minimum absolute atomic E-state index is 0.141. The summed E-state index contributed by atoms with van der Waals surface area (Å²) in [7, 11) is 0. The van der Waals surface area contributed by atoms with Crippen LogP contribution in [0.5, 0.6) is 11.5 Å². The SMILES string of the molecule is O=C(Cn1cc(Br)cn1)Nc1ccc(Oc2ccccc2)cc1. The molecule has 2 aromatic carbocycles. The maximum atomic E-state index is 11.9. The lowest BCUT2D eigenvalue weighted by molar-refractivity contribution is -0.116. The van der Waals surface area contributed by atoms with Crippen LogP contribution in [0.4, 0.5) is 5.69 Å². The molecule has 0 aliphatic heterocycles. The molecule has 0 aliphatic rings. The summed E-state index contributed by atoms with van der Waals surface area (Å²) >= 11 is 3.30. The van der Waals surface area contributed by atoms with Crippen molar-refractivity contribution in [1.82, 2.24) is 9.78 Å². The third-order valence-electron chi connectivity index (χ3n) is 3.02. The number of amides is 1. The normalized spacial score (nSPS) is 10.3. The standard InChI is InChI=1S/C17H14BrN3O2/c18-13-10-19-21(11-13)12-17(22)20-14-6-8-16(9-7-14)23-15-4-2-1-3-5-15/h1-11H,12H2,(H,20,22). The fraction of sp³-hybridized carbons (Fsp3) is 0.0588. The van der Waals surface area contributed by atoms with Gasteiger partial charge >= 0.3 is 0 Å². The van der Waals surface area contributed by atoms with Crippen LogP contribution in [0.1, 0.15) is 0 Å². The predicted molar refractivity (Wildman–Crippen MR) is 91.5 cm³/mol. The van der Waals surface area contributed by atoms with Gasteiger partial charge in [0, 0.05) is 11.9 Å². The molecule has 0 bridgehead atoms. The molecule has 0 fully saturated rings. The molecule has 3 aromatic rings. The van der Waals surface area contributed by atoms with Crippen molar-refractivity contribution in [3.8, 4) is 11.5 Å². The minimum atomic E-state index is -0.141. The van der Waals surface area contributed by atoms with Gasteiger partial charge in [0.1, 0.15) is 18.0 Å². The maximum Gasteiger partial charge on any atom is 0.246 e. The lowest BCUT2D eigenvalue weighted by Gasteiger charge is -2.08. The van der Waals surface area contributed by atoms with Gasteiger partial charge in [-0.25, -0.2) is 0 Å². The summed E-state index contributed by atoms with van der Waals surface area (Å²) < 4.78 is 8.11. The van der Waals surface area contributed by atoms with E-state index < -0.39 is 0 Å². The Hall–Kier alpha value is -2.60. The Bertz CT molecular complexity index is 785. The molecule has 0 saturated heterocycles. The van der Waals surface area contributed by atoms with Crippen molar-refractivity contribution in [2.45, 2.75) is 6.54 Å². The highest BCUT2D eigenvalue weighted by Crippen LogP contribution is 2.22. The zero-order valence-corrected chi connectivity index (χ0v) is 13.7. The predicted octanol–water partition coefficient (Wildman–Crippen LogP) is 4.08. The zero-order valence-electron chi connectivity index (χ0n) is 12.1. The Morgan fingerprint density at radius 1 is 1.09 bits per heavy atom. The van der Waals surface area contributed by atoms with Crippen LogP contribution in [0.2, 0.25) is 0 Å². The van der Waals surface area contributed by atoms with E-state index in [9.17, 15) is 4.79 Å². The van der Waals surface area contributed by atoms with E-state index in [1.54, 1.807) is 29.2 Å². The quantitative estimate of drug-likeness (QED) is 0.735. The van der Waals surface area contributed by atoms with Crippen LogP contribution in [-0.2, 0) is 11.3 Å². The first kappa shape index (κ1) is 15.3. The molecular weight excluding hydrogens is 358 g/mol. The molecule has 1 amide bonds. The van der Waals surface area contributed by atoms with Crippen LogP contribution < -0.4 is 10.1 Å². The number of carbonyl (C=O) groups is 1. The third kappa shape index (κ3) is 4.43. The Labute approximate surface area is 142 Å². The molecule has 1 aromatic heterocycles. The number of ether oxygens (including phenoxy) is 1. The molecular formula is C17H14BrN3O2. The summed E-state index contributed by atoms with van der Waals surface area (Å²) in [5, 5.41) is 6.87. The van der Waals surface area contributed by atoms with Gasteiger partial charge in [-0.1, -0.05) is 18.2 Å². The van der Waals surface area contributed by atoms with E-state index in [4.69, 9.17) is 4.74 Å². The van der Waals surface area contributed by atoms with E-state index >= 15 is 0 Å². The molecule has 116 valence electrons. The maximum absolute atomic E-state index is 11.9. The van der Waals surface area contributed by atoms with Crippen LogP contribution in [-0.4, -0.2) is 15.7 Å². The first-order chi connectivity index (χ1) is 11.2. The largest absolute Gasteiger partial charge is 0.457 e. The lowest BCUT2D eigenvalue weighted by atomic mass is 10.3. The fourth-order valence-electron chi connectivity index (χ4n) is 2.00. The molecule has 1 heterocycles. The number of para-hydroxylation sites is 1. The zero-order chi connectivity index (χ0) is 16.1. The van der Waals surface area contributed by atoms with E-state index in [1.165, 1.54) is 0 Å². The highest BCUT2D eigenvalue weighted by atomic mass is 79.9. The molecule has 0 unspecified atom stereocenters. The topological polar surface area (TPSA) is 56.2 Å². The molecule has 0 aliphatic carbocycles. The highest BCUT2D eigenvalue weighted by Gasteiger charge is 2.05. The summed E-state index contributed by atoms with van der Waals surface area (Å²) in [6.45, 7) is 0.161. The smallest absolute Gasteiger partial charge is 0.246 e. The second kappa shape index (κ2) is 7.11. The van der Waals surface area contributed by atoms with E-state index in [1.807, 2.05) is 42.5 Å². The molecule has 5 nitrogen and oxygen atoms in total. The number of hydrogen-bond donors (Lipinski definition) is 1. The molecule has 0 radical (unpaired) electrons. The van der Waals surface area contributed by atoms with Crippen molar-refractivity contribution in [2.75, 3.05) is 5.32 Å². The van der Waals surface area contributed by atoms with E-state index in [-0.39, 0.29) is 12.5 Å². The second-order valence-corrected chi connectivity index (χ2v) is 5.76. The summed E-state index contributed by atoms with van der Waals surface area (Å²) in [5.74, 6) is 1.34. The lowest BCUT2D eigenvalue weighted by Crippen LogP contribution is -2.18. The van der Waals surface area contributed by atoms with Gasteiger partial charge in [-0.2, -0.15) is 5.10 Å². The van der Waals surface area contributed by atoms with Gasteiger partial charge in [0.25, 0.3) is 0 Å². The first-order valence-electron chi connectivity index (χ1n) is 7.00. The van der Waals surface area contributed by atoms with Crippen LogP contribution >= 0.6 is 15.9 Å². The molecule has 23 heavy (non-hydrogen) atoms. The fourth-order valence-corrected chi connectivity index (χ4v) is 2.33. The number of nitrogens with zero attached hydrogens (tertiary/aromatic N) is 2. The average Bonchev–Trinajstić information content (AvgIpc) is 2.95. The summed E-state index contributed by atoms with van der Waals surface area (Å²) in [6.07, 6.45) is 3.39. The van der Waals surface area contributed by atoms with Crippen LogP contribution in [0.25, 0.3) is 0 Å². The number of hydrogen-bond acceptors (Lipinski definition) is 3. The number of halogens is 1. The van der Waals surface area contributed by atoms with Gasteiger partial charge in [0.15, 0.2) is 0 Å². The minimum Gasteiger partial charge on any atom is -0.457 e. The van der Waals surface area contributed by atoms with Gasteiger partial charge in [-0.15, -0.1) is 0 Å². The number of anilines is 1. The van der Waals surface area contributed by atoms with Gasteiger partial charge in [-0.05, 0) is 52.3 Å². The van der Waals surface area contributed by atoms with Crippen molar-refractivity contribution in [1.29, 1.82) is 0 Å². The van der Waals surface area contributed by atoms with Crippen molar-refractivity contribution >= 4 is 27.5 Å². The molecule has 0 saturated carbocycles. The Morgan fingerprint density at radius 3 is 2.43 bits per heavy atom. The summed E-state index contributed by atoms with van der Waals surface area (Å²) in [4.78, 5) is 11.9. The molecule has 1 N–H and O–H groups in total. The summed E-state index contributed by atoms with van der Waals surface area (Å²) in [5.41, 5.74) is 0.710. The van der Waals surface area contributed by atoms with Crippen LogP contribution in [0.3, 0.4) is 0 Å². The van der Waals surface area contributed by atoms with Gasteiger partial charge in [0.05, 0.1) is 10.7 Å². The molecule has 6 heteroatoms. The van der Waals surface area contributed by atoms with Gasteiger partial charge in [-0.3, -0.25) is 9.48 Å². The number of carbonyl (C=O) groups excluding carboxylic acids is 1. The van der Waals surface area contributed by atoms with E-state index in [2.05, 4.69) is 26.3 Å². The second-order valence-electron chi connectivity index (χ2n) is 4.84. The van der Waals surface area contributed by atoms with E-state index in [0.717, 1.165) is 10.2 Å². The number of aromatic nitrogens is 2. The van der Waals surface area contributed by atoms with Crippen LogP contribution in [0, 0.1) is 0 Å². The van der Waals surface area contributed by atoms with Crippen molar-refractivity contribution in [2.24, 2.45) is 0 Å². The third-order valence-corrected chi connectivity index (χ3v) is 3.43. The monoisotopic (exact) mass is 371 g/mol. The average molecular weight is 372 g/mol. The Balaban J connectivity index is 1.57. The summed E-state index contributed by atoms with van der Waals surface area (Å²) in [6, 6.07) is 16.8.